The molecule has 0 saturated carbocycles. The van der Waals surface area contributed by atoms with E-state index in [0.29, 0.717) is 18.9 Å². The topological polar surface area (TPSA) is 66.4 Å². The molecule has 1 aromatic heterocycles. The van der Waals surface area contributed by atoms with Crippen molar-refractivity contribution in [1.29, 1.82) is 0 Å². The van der Waals surface area contributed by atoms with Crippen LogP contribution in [0.3, 0.4) is 0 Å². The van der Waals surface area contributed by atoms with Gasteiger partial charge in [-0.3, -0.25) is 0 Å². The number of hydrogen-bond acceptors (Lipinski definition) is 5. The minimum absolute atomic E-state index is 0.0515. The molecule has 10 heteroatoms. The van der Waals surface area contributed by atoms with Crippen molar-refractivity contribution in [3.8, 4) is 11.3 Å². The molecule has 4 rings (SSSR count). The molecule has 3 aromatic rings. The number of aryl methyl sites for hydroxylation is 1. The summed E-state index contributed by atoms with van der Waals surface area (Å²) in [7, 11) is -4.28. The molecule has 0 bridgehead atoms. The van der Waals surface area contributed by atoms with Crippen molar-refractivity contribution in [2.75, 3.05) is 31.1 Å². The molecule has 2 aromatic carbocycles. The number of rotatable bonds is 4. The summed E-state index contributed by atoms with van der Waals surface area (Å²) in [6.07, 6.45) is -4.75. The van der Waals surface area contributed by atoms with Crippen LogP contribution < -0.4 is 4.90 Å². The second-order valence-corrected chi connectivity index (χ2v) is 9.43. The highest BCUT2D eigenvalue weighted by Gasteiger charge is 2.39. The standard InChI is InChI=1S/C22H21F3N4O2S/c1-16-6-8-17(9-7-16)19-10-11-21(27-26-19)28-12-14-29(15-13-28)32(30,31)20-5-3-2-4-18(20)22(23,24)25/h2-11H,12-15H2,1H3. The zero-order chi connectivity index (χ0) is 22.9. The molecule has 1 aliphatic rings. The van der Waals surface area contributed by atoms with Gasteiger partial charge >= 0.3 is 6.18 Å². The lowest BCUT2D eigenvalue weighted by Crippen LogP contribution is -2.49. The van der Waals surface area contributed by atoms with Gasteiger partial charge in [-0.05, 0) is 31.2 Å². The summed E-state index contributed by atoms with van der Waals surface area (Å²) in [5.74, 6) is 0.591. The van der Waals surface area contributed by atoms with Crippen LogP contribution in [-0.2, 0) is 16.2 Å². The molecule has 1 saturated heterocycles. The smallest absolute Gasteiger partial charge is 0.352 e. The quantitative estimate of drug-likeness (QED) is 0.587. The fraction of sp³-hybridized carbons (Fsp3) is 0.273. The number of nitrogens with zero attached hydrogens (tertiary/aromatic N) is 4. The summed E-state index contributed by atoms with van der Waals surface area (Å²) >= 11 is 0. The van der Waals surface area contributed by atoms with Gasteiger partial charge in [0, 0.05) is 31.7 Å². The van der Waals surface area contributed by atoms with E-state index in [1.54, 1.807) is 0 Å². The highest BCUT2D eigenvalue weighted by Crippen LogP contribution is 2.35. The van der Waals surface area contributed by atoms with Gasteiger partial charge in [0.25, 0.3) is 0 Å². The Hall–Kier alpha value is -2.98. The predicted molar refractivity (Wildman–Crippen MR) is 115 cm³/mol. The van der Waals surface area contributed by atoms with Gasteiger partial charge in [0.1, 0.15) is 0 Å². The van der Waals surface area contributed by atoms with Crippen molar-refractivity contribution >= 4 is 15.8 Å². The second kappa shape index (κ2) is 8.51. The number of benzene rings is 2. The third-order valence-electron chi connectivity index (χ3n) is 5.37. The maximum Gasteiger partial charge on any atom is 0.417 e. The predicted octanol–water partition coefficient (Wildman–Crippen LogP) is 3.98. The first-order valence-electron chi connectivity index (χ1n) is 9.98. The van der Waals surface area contributed by atoms with E-state index >= 15 is 0 Å². The lowest BCUT2D eigenvalue weighted by atomic mass is 10.1. The normalized spacial score (nSPS) is 15.7. The van der Waals surface area contributed by atoms with Crippen LogP contribution in [0.1, 0.15) is 11.1 Å². The van der Waals surface area contributed by atoms with Crippen LogP contribution >= 0.6 is 0 Å². The van der Waals surface area contributed by atoms with E-state index < -0.39 is 26.7 Å². The molecule has 1 fully saturated rings. The Bertz CT molecular complexity index is 1190. The lowest BCUT2D eigenvalue weighted by molar-refractivity contribution is -0.139. The summed E-state index contributed by atoms with van der Waals surface area (Å²) in [4.78, 5) is 1.15. The summed E-state index contributed by atoms with van der Waals surface area (Å²) < 4.78 is 66.8. The van der Waals surface area contributed by atoms with Gasteiger partial charge < -0.3 is 4.90 Å². The van der Waals surface area contributed by atoms with Crippen LogP contribution in [0.5, 0.6) is 0 Å². The molecule has 32 heavy (non-hydrogen) atoms. The molecule has 0 amide bonds. The molecule has 6 nitrogen and oxygen atoms in total. The van der Waals surface area contributed by atoms with Gasteiger partial charge in [0.2, 0.25) is 10.0 Å². The first kappa shape index (κ1) is 22.2. The Labute approximate surface area is 184 Å². The van der Waals surface area contributed by atoms with Gasteiger partial charge in [-0.1, -0.05) is 42.0 Å². The van der Waals surface area contributed by atoms with Gasteiger partial charge in [-0.15, -0.1) is 10.2 Å². The molecule has 0 spiro atoms. The number of halogens is 3. The van der Waals surface area contributed by atoms with Crippen LogP contribution in [0, 0.1) is 6.92 Å². The zero-order valence-corrected chi connectivity index (χ0v) is 18.1. The Morgan fingerprint density at radius 3 is 2.09 bits per heavy atom. The van der Waals surface area contributed by atoms with Crippen LogP contribution in [0.15, 0.2) is 65.6 Å². The number of aromatic nitrogens is 2. The Kier molecular flexibility index (Phi) is 5.91. The van der Waals surface area contributed by atoms with Crippen LogP contribution in [0.4, 0.5) is 19.0 Å². The average Bonchev–Trinajstić information content (AvgIpc) is 2.79. The highest BCUT2D eigenvalue weighted by atomic mass is 32.2. The van der Waals surface area contributed by atoms with Crippen molar-refractivity contribution < 1.29 is 21.6 Å². The number of sulfonamides is 1. The first-order valence-corrected chi connectivity index (χ1v) is 11.4. The molecule has 1 aliphatic heterocycles. The van der Waals surface area contributed by atoms with Crippen molar-refractivity contribution in [1.82, 2.24) is 14.5 Å². The maximum atomic E-state index is 13.3. The summed E-state index contributed by atoms with van der Waals surface area (Å²) in [5.41, 5.74) is 1.65. The van der Waals surface area contributed by atoms with Crippen LogP contribution in [0.2, 0.25) is 0 Å². The molecular weight excluding hydrogens is 441 g/mol. The van der Waals surface area contributed by atoms with Crippen LogP contribution in [-0.4, -0.2) is 49.1 Å². The molecule has 168 valence electrons. The van der Waals surface area contributed by atoms with Crippen molar-refractivity contribution in [2.45, 2.75) is 18.0 Å². The summed E-state index contributed by atoms with van der Waals surface area (Å²) in [5, 5.41) is 8.51. The number of anilines is 1. The zero-order valence-electron chi connectivity index (χ0n) is 17.2. The van der Waals surface area contributed by atoms with E-state index in [1.807, 2.05) is 48.2 Å². The number of piperazine rings is 1. The van der Waals surface area contributed by atoms with Gasteiger partial charge in [-0.25, -0.2) is 8.42 Å². The highest BCUT2D eigenvalue weighted by molar-refractivity contribution is 7.89. The molecule has 0 atom stereocenters. The fourth-order valence-corrected chi connectivity index (χ4v) is 5.23. The van der Waals surface area contributed by atoms with Crippen molar-refractivity contribution in [3.05, 3.63) is 71.8 Å². The third-order valence-corrected chi connectivity index (χ3v) is 7.33. The second-order valence-electron chi connectivity index (χ2n) is 7.53. The first-order chi connectivity index (χ1) is 15.2. The molecule has 2 heterocycles. The number of hydrogen-bond donors (Lipinski definition) is 0. The van der Waals surface area contributed by atoms with E-state index in [-0.39, 0.29) is 13.1 Å². The van der Waals surface area contributed by atoms with E-state index in [0.717, 1.165) is 33.3 Å². The SMILES string of the molecule is Cc1ccc(-c2ccc(N3CCN(S(=O)(=O)c4ccccc4C(F)(F)F)CC3)nn2)cc1. The largest absolute Gasteiger partial charge is 0.417 e. The summed E-state index contributed by atoms with van der Waals surface area (Å²) in [6, 6.07) is 15.8. The third kappa shape index (κ3) is 4.46. The van der Waals surface area contributed by atoms with Crippen molar-refractivity contribution in [3.63, 3.8) is 0 Å². The molecule has 0 aliphatic carbocycles. The maximum absolute atomic E-state index is 13.3. The van der Waals surface area contributed by atoms with E-state index in [4.69, 9.17) is 0 Å². The molecular formula is C22H21F3N4O2S. The Balaban J connectivity index is 1.47. The minimum atomic E-state index is -4.75. The van der Waals surface area contributed by atoms with Crippen LogP contribution in [0.25, 0.3) is 11.3 Å². The fourth-order valence-electron chi connectivity index (χ4n) is 3.59. The lowest BCUT2D eigenvalue weighted by Gasteiger charge is -2.34. The summed E-state index contributed by atoms with van der Waals surface area (Å²) in [6.45, 7) is 2.70. The molecule has 0 unspecified atom stereocenters. The average molecular weight is 462 g/mol. The van der Waals surface area contributed by atoms with E-state index in [9.17, 15) is 21.6 Å². The van der Waals surface area contributed by atoms with Gasteiger partial charge in [0.15, 0.2) is 5.82 Å². The monoisotopic (exact) mass is 462 g/mol. The number of alkyl halides is 3. The van der Waals surface area contributed by atoms with Gasteiger partial charge in [0.05, 0.1) is 16.2 Å². The van der Waals surface area contributed by atoms with E-state index in [2.05, 4.69) is 10.2 Å². The minimum Gasteiger partial charge on any atom is -0.352 e. The van der Waals surface area contributed by atoms with Gasteiger partial charge in [-0.2, -0.15) is 17.5 Å². The van der Waals surface area contributed by atoms with E-state index in [1.165, 1.54) is 12.1 Å². The Morgan fingerprint density at radius 1 is 0.844 bits per heavy atom. The van der Waals surface area contributed by atoms with Crippen molar-refractivity contribution in [2.24, 2.45) is 0 Å². The Morgan fingerprint density at radius 2 is 1.50 bits per heavy atom. The molecule has 0 radical (unpaired) electrons. The molecule has 0 N–H and O–H groups in total.